The minimum Gasteiger partial charge on any atom is -0.334 e. The van der Waals surface area contributed by atoms with Gasteiger partial charge in [-0.15, -0.1) is 0 Å². The second kappa shape index (κ2) is 6.39. The molecule has 2 heterocycles. The molecule has 0 radical (unpaired) electrons. The second-order valence-corrected chi connectivity index (χ2v) is 6.93. The number of hydrogen-bond donors (Lipinski definition) is 0. The van der Waals surface area contributed by atoms with Crippen LogP contribution in [0.15, 0.2) is 24.5 Å². The Morgan fingerprint density at radius 1 is 1.40 bits per heavy atom. The van der Waals surface area contributed by atoms with Crippen LogP contribution in [0.25, 0.3) is 0 Å². The van der Waals surface area contributed by atoms with Crippen LogP contribution in [0.3, 0.4) is 0 Å². The molecule has 1 fully saturated rings. The summed E-state index contributed by atoms with van der Waals surface area (Å²) in [5.41, 5.74) is 1.11. The third kappa shape index (κ3) is 3.39. The Morgan fingerprint density at radius 2 is 2.05 bits per heavy atom. The van der Waals surface area contributed by atoms with Gasteiger partial charge in [0.1, 0.15) is 0 Å². The summed E-state index contributed by atoms with van der Waals surface area (Å²) in [6.07, 6.45) is 3.97. The number of hydrogen-bond acceptors (Lipinski definition) is 4. The molecule has 0 bridgehead atoms. The van der Waals surface area contributed by atoms with Gasteiger partial charge in [0.25, 0.3) is 0 Å². The molecular weight excluding hydrogens is 272 g/mol. The van der Waals surface area contributed by atoms with Gasteiger partial charge in [0, 0.05) is 37.5 Å². The van der Waals surface area contributed by atoms with Gasteiger partial charge in [-0.3, -0.25) is 14.6 Å². The number of amides is 1. The first-order valence-corrected chi connectivity index (χ1v) is 7.73. The SMILES string of the molecule is CC(=O)SC1CC(=O)N(C(c2ccncc2)C(C)C)C1. The molecule has 4 nitrogen and oxygen atoms in total. The summed E-state index contributed by atoms with van der Waals surface area (Å²) >= 11 is 1.28. The van der Waals surface area contributed by atoms with Crippen molar-refractivity contribution >= 4 is 22.8 Å². The number of thioether (sulfide) groups is 1. The van der Waals surface area contributed by atoms with E-state index in [-0.39, 0.29) is 22.3 Å². The predicted octanol–water partition coefficient (Wildman–Crippen LogP) is 2.66. The lowest BCUT2D eigenvalue weighted by Gasteiger charge is -2.31. The number of rotatable bonds is 4. The zero-order chi connectivity index (χ0) is 14.7. The average molecular weight is 292 g/mol. The zero-order valence-corrected chi connectivity index (χ0v) is 12.9. The maximum Gasteiger partial charge on any atom is 0.224 e. The summed E-state index contributed by atoms with van der Waals surface area (Å²) in [5.74, 6) is 0.460. The summed E-state index contributed by atoms with van der Waals surface area (Å²) in [6, 6.07) is 3.98. The molecule has 108 valence electrons. The molecule has 2 rings (SSSR count). The maximum absolute atomic E-state index is 12.3. The van der Waals surface area contributed by atoms with Crippen LogP contribution in [0.2, 0.25) is 0 Å². The van der Waals surface area contributed by atoms with Crippen LogP contribution < -0.4 is 0 Å². The molecule has 1 aliphatic heterocycles. The molecule has 5 heteroatoms. The summed E-state index contributed by atoms with van der Waals surface area (Å²) in [7, 11) is 0. The van der Waals surface area contributed by atoms with Crippen LogP contribution in [-0.4, -0.2) is 32.7 Å². The van der Waals surface area contributed by atoms with Gasteiger partial charge in [0.15, 0.2) is 5.12 Å². The number of carbonyl (C=O) groups is 2. The lowest BCUT2D eigenvalue weighted by molar-refractivity contribution is -0.130. The fraction of sp³-hybridized carbons (Fsp3) is 0.533. The van der Waals surface area contributed by atoms with Gasteiger partial charge in [0.05, 0.1) is 6.04 Å². The molecule has 20 heavy (non-hydrogen) atoms. The van der Waals surface area contributed by atoms with Crippen LogP contribution in [0.5, 0.6) is 0 Å². The highest BCUT2D eigenvalue weighted by atomic mass is 32.2. The Bertz CT molecular complexity index is 490. The van der Waals surface area contributed by atoms with E-state index in [1.165, 1.54) is 11.8 Å². The van der Waals surface area contributed by atoms with Gasteiger partial charge >= 0.3 is 0 Å². The predicted molar refractivity (Wildman–Crippen MR) is 80.2 cm³/mol. The van der Waals surface area contributed by atoms with E-state index in [4.69, 9.17) is 0 Å². The monoisotopic (exact) mass is 292 g/mol. The fourth-order valence-electron chi connectivity index (χ4n) is 2.77. The minimum atomic E-state index is 0.0584. The van der Waals surface area contributed by atoms with E-state index in [1.54, 1.807) is 19.3 Å². The second-order valence-electron chi connectivity index (χ2n) is 5.45. The lowest BCUT2D eigenvalue weighted by atomic mass is 9.95. The molecule has 2 unspecified atom stereocenters. The topological polar surface area (TPSA) is 50.3 Å². The zero-order valence-electron chi connectivity index (χ0n) is 12.1. The number of pyridine rings is 1. The highest BCUT2D eigenvalue weighted by molar-refractivity contribution is 8.14. The lowest BCUT2D eigenvalue weighted by Crippen LogP contribution is -2.33. The van der Waals surface area contributed by atoms with Crippen LogP contribution in [0.4, 0.5) is 0 Å². The van der Waals surface area contributed by atoms with Crippen molar-refractivity contribution in [1.82, 2.24) is 9.88 Å². The van der Waals surface area contributed by atoms with Gasteiger partial charge in [-0.2, -0.15) is 0 Å². The summed E-state index contributed by atoms with van der Waals surface area (Å²) < 4.78 is 0. The van der Waals surface area contributed by atoms with Crippen molar-refractivity contribution in [1.29, 1.82) is 0 Å². The molecule has 2 atom stereocenters. The van der Waals surface area contributed by atoms with Gasteiger partial charge in [-0.05, 0) is 23.6 Å². The Labute approximate surface area is 124 Å². The molecule has 1 saturated heterocycles. The number of aromatic nitrogens is 1. The van der Waals surface area contributed by atoms with E-state index in [0.717, 1.165) is 5.56 Å². The maximum atomic E-state index is 12.3. The molecule has 0 aliphatic carbocycles. The number of carbonyl (C=O) groups excluding carboxylic acids is 2. The van der Waals surface area contributed by atoms with E-state index in [1.807, 2.05) is 17.0 Å². The van der Waals surface area contributed by atoms with Crippen molar-refractivity contribution in [2.45, 2.75) is 38.5 Å². The molecule has 1 aromatic rings. The van der Waals surface area contributed by atoms with Gasteiger partial charge in [0.2, 0.25) is 5.91 Å². The van der Waals surface area contributed by atoms with E-state index < -0.39 is 0 Å². The van der Waals surface area contributed by atoms with Crippen molar-refractivity contribution in [3.8, 4) is 0 Å². The van der Waals surface area contributed by atoms with Crippen molar-refractivity contribution in [2.24, 2.45) is 5.92 Å². The molecule has 0 aromatic carbocycles. The largest absolute Gasteiger partial charge is 0.334 e. The van der Waals surface area contributed by atoms with E-state index in [2.05, 4.69) is 18.8 Å². The first-order valence-electron chi connectivity index (χ1n) is 6.85. The molecule has 1 aromatic heterocycles. The molecule has 0 N–H and O–H groups in total. The summed E-state index contributed by atoms with van der Waals surface area (Å²) in [5, 5.41) is 0.165. The Balaban J connectivity index is 2.19. The molecule has 0 spiro atoms. The van der Waals surface area contributed by atoms with Crippen molar-refractivity contribution in [2.75, 3.05) is 6.54 Å². The van der Waals surface area contributed by atoms with Crippen LogP contribution >= 0.6 is 11.8 Å². The average Bonchev–Trinajstić information content (AvgIpc) is 2.70. The third-order valence-corrected chi connectivity index (χ3v) is 4.45. The fourth-order valence-corrected chi connectivity index (χ4v) is 3.70. The Morgan fingerprint density at radius 3 is 2.60 bits per heavy atom. The first-order chi connectivity index (χ1) is 9.49. The Kier molecular flexibility index (Phi) is 4.81. The summed E-state index contributed by atoms with van der Waals surface area (Å²) in [4.78, 5) is 29.4. The quantitative estimate of drug-likeness (QED) is 0.856. The molecule has 0 saturated carbocycles. The summed E-state index contributed by atoms with van der Waals surface area (Å²) in [6.45, 7) is 6.43. The minimum absolute atomic E-state index is 0.0584. The van der Waals surface area contributed by atoms with Gasteiger partial charge < -0.3 is 4.90 Å². The third-order valence-electron chi connectivity index (χ3n) is 3.47. The molecular formula is C15H20N2O2S. The molecule has 1 aliphatic rings. The van der Waals surface area contributed by atoms with E-state index in [9.17, 15) is 9.59 Å². The standard InChI is InChI=1S/C15H20N2O2S/c1-10(2)15(12-4-6-16-7-5-12)17-9-13(8-14(17)19)20-11(3)18/h4-7,10,13,15H,8-9H2,1-3H3. The highest BCUT2D eigenvalue weighted by Gasteiger charge is 2.37. The van der Waals surface area contributed by atoms with Gasteiger partial charge in [-0.25, -0.2) is 0 Å². The van der Waals surface area contributed by atoms with E-state index >= 15 is 0 Å². The number of likely N-dealkylation sites (tertiary alicyclic amines) is 1. The smallest absolute Gasteiger partial charge is 0.224 e. The highest BCUT2D eigenvalue weighted by Crippen LogP contribution is 2.35. The van der Waals surface area contributed by atoms with Crippen LogP contribution in [-0.2, 0) is 9.59 Å². The Hall–Kier alpha value is -1.36. The molecule has 1 amide bonds. The van der Waals surface area contributed by atoms with Crippen LogP contribution in [0.1, 0.15) is 38.8 Å². The van der Waals surface area contributed by atoms with Gasteiger partial charge in [-0.1, -0.05) is 25.6 Å². The van der Waals surface area contributed by atoms with E-state index in [0.29, 0.717) is 18.9 Å². The van der Waals surface area contributed by atoms with Crippen molar-refractivity contribution < 1.29 is 9.59 Å². The number of nitrogens with zero attached hydrogens (tertiary/aromatic N) is 2. The van der Waals surface area contributed by atoms with Crippen molar-refractivity contribution in [3.05, 3.63) is 30.1 Å². The van der Waals surface area contributed by atoms with Crippen LogP contribution in [0, 0.1) is 5.92 Å². The first kappa shape index (κ1) is 15.0. The van der Waals surface area contributed by atoms with Crippen molar-refractivity contribution in [3.63, 3.8) is 0 Å². The normalized spacial score (nSPS) is 20.5.